The average molecular weight is 581 g/mol. The van der Waals surface area contributed by atoms with Crippen LogP contribution in [0.5, 0.6) is 11.5 Å². The van der Waals surface area contributed by atoms with Crippen LogP contribution >= 0.6 is 0 Å². The minimum Gasteiger partial charge on any atom is -0.497 e. The fourth-order valence-corrected chi connectivity index (χ4v) is 5.28. The second kappa shape index (κ2) is 17.3. The molecule has 2 unspecified atom stereocenters. The monoisotopic (exact) mass is 580 g/mol. The maximum atomic E-state index is 13.3. The van der Waals surface area contributed by atoms with Gasteiger partial charge in [0.15, 0.2) is 0 Å². The molecule has 224 valence electrons. The van der Waals surface area contributed by atoms with E-state index in [1.54, 1.807) is 7.11 Å². The van der Waals surface area contributed by atoms with Gasteiger partial charge in [0.1, 0.15) is 22.5 Å². The average Bonchev–Trinajstić information content (AvgIpc) is 2.97. The van der Waals surface area contributed by atoms with Crippen LogP contribution in [0.15, 0.2) is 83.8 Å². The second-order valence-electron chi connectivity index (χ2n) is 11.4. The maximum absolute atomic E-state index is 13.3. The maximum Gasteiger partial charge on any atom is 0.125 e. The van der Waals surface area contributed by atoms with Crippen LogP contribution in [0, 0.1) is 5.92 Å². The van der Waals surface area contributed by atoms with E-state index >= 15 is 0 Å². The molecule has 2 atom stereocenters. The van der Waals surface area contributed by atoms with Gasteiger partial charge in [0.25, 0.3) is 0 Å². The summed E-state index contributed by atoms with van der Waals surface area (Å²) in [6.45, 7) is 11.5. The van der Waals surface area contributed by atoms with Crippen molar-refractivity contribution >= 4 is 11.0 Å². The molecule has 0 amide bonds. The number of ether oxygens (including phenoxy) is 3. The lowest BCUT2D eigenvalue weighted by Gasteiger charge is -2.26. The number of methoxy groups -OCH3 is 1. The van der Waals surface area contributed by atoms with Crippen molar-refractivity contribution in [1.82, 2.24) is 10.0 Å². The first-order valence-electron chi connectivity index (χ1n) is 14.7. The predicted octanol–water partition coefficient (Wildman–Crippen LogP) is 6.88. The Hall–Kier alpha value is -2.71. The van der Waals surface area contributed by atoms with Crippen molar-refractivity contribution in [3.8, 4) is 11.5 Å². The Bertz CT molecular complexity index is 1150. The van der Waals surface area contributed by atoms with Gasteiger partial charge in [0.2, 0.25) is 0 Å². The molecule has 0 aliphatic rings. The van der Waals surface area contributed by atoms with Crippen molar-refractivity contribution in [2.24, 2.45) is 5.92 Å². The molecule has 0 aliphatic heterocycles. The van der Waals surface area contributed by atoms with Gasteiger partial charge >= 0.3 is 0 Å². The molecule has 0 fully saturated rings. The van der Waals surface area contributed by atoms with Gasteiger partial charge in [-0.05, 0) is 93.1 Å². The molecule has 41 heavy (non-hydrogen) atoms. The summed E-state index contributed by atoms with van der Waals surface area (Å²) in [6, 6.07) is 25.8. The number of hydrogen-bond donors (Lipinski definition) is 2. The Morgan fingerprint density at radius 3 is 2.22 bits per heavy atom. The first-order chi connectivity index (χ1) is 19.8. The van der Waals surface area contributed by atoms with Crippen LogP contribution in [0.4, 0.5) is 0 Å². The molecule has 0 saturated carbocycles. The summed E-state index contributed by atoms with van der Waals surface area (Å²) in [5.74, 6) is 2.28. The van der Waals surface area contributed by atoms with Crippen LogP contribution < -0.4 is 19.5 Å². The molecular weight excluding hydrogens is 532 g/mol. The lowest BCUT2D eigenvalue weighted by Crippen LogP contribution is -2.33. The molecule has 3 rings (SSSR count). The van der Waals surface area contributed by atoms with Crippen LogP contribution in [-0.2, 0) is 22.1 Å². The SMILES string of the molecule is COc1ccc(CCCNCC(NS(=O)c2ccc(OCCC(C)(C)OCCC(C)C)cc2)c2ccccc2)cc1. The zero-order valence-corrected chi connectivity index (χ0v) is 26.2. The Kier molecular flexibility index (Phi) is 13.8. The molecule has 0 spiro atoms. The third kappa shape index (κ3) is 12.4. The predicted molar refractivity (Wildman–Crippen MR) is 169 cm³/mol. The van der Waals surface area contributed by atoms with Crippen molar-refractivity contribution in [1.29, 1.82) is 0 Å². The van der Waals surface area contributed by atoms with Crippen LogP contribution in [0.2, 0.25) is 0 Å². The highest BCUT2D eigenvalue weighted by Gasteiger charge is 2.19. The fraction of sp³-hybridized carbons (Fsp3) is 0.471. The zero-order chi connectivity index (χ0) is 29.5. The Morgan fingerprint density at radius 2 is 1.56 bits per heavy atom. The summed E-state index contributed by atoms with van der Waals surface area (Å²) in [5, 5.41) is 3.54. The minimum absolute atomic E-state index is 0.0909. The van der Waals surface area contributed by atoms with Crippen molar-refractivity contribution in [2.75, 3.05) is 33.4 Å². The van der Waals surface area contributed by atoms with Gasteiger partial charge in [0.05, 0.1) is 30.3 Å². The minimum atomic E-state index is -1.37. The smallest absolute Gasteiger partial charge is 0.125 e. The first-order valence-corrected chi connectivity index (χ1v) is 15.8. The van der Waals surface area contributed by atoms with E-state index in [2.05, 4.69) is 62.0 Å². The number of hydrogen-bond acceptors (Lipinski definition) is 5. The lowest BCUT2D eigenvalue weighted by atomic mass is 10.1. The topological polar surface area (TPSA) is 68.8 Å². The van der Waals surface area contributed by atoms with Gasteiger partial charge in [-0.15, -0.1) is 0 Å². The van der Waals surface area contributed by atoms with Gasteiger partial charge < -0.3 is 19.5 Å². The number of rotatable bonds is 19. The number of nitrogens with one attached hydrogen (secondary N) is 2. The highest BCUT2D eigenvalue weighted by molar-refractivity contribution is 7.83. The van der Waals surface area contributed by atoms with E-state index in [1.807, 2.05) is 54.6 Å². The van der Waals surface area contributed by atoms with Crippen LogP contribution in [0.25, 0.3) is 0 Å². The number of benzene rings is 3. The summed E-state index contributed by atoms with van der Waals surface area (Å²) in [4.78, 5) is 0.718. The third-order valence-corrected chi connectivity index (χ3v) is 8.18. The third-order valence-electron chi connectivity index (χ3n) is 6.98. The van der Waals surface area contributed by atoms with Crippen molar-refractivity contribution in [3.63, 3.8) is 0 Å². The molecule has 3 aromatic carbocycles. The molecule has 0 heterocycles. The molecule has 0 aromatic heterocycles. The summed E-state index contributed by atoms with van der Waals surface area (Å²) in [7, 11) is 0.315. The van der Waals surface area contributed by atoms with Gasteiger partial charge in [0, 0.05) is 19.6 Å². The van der Waals surface area contributed by atoms with Crippen LogP contribution in [-0.4, -0.2) is 43.2 Å². The standard InChI is InChI=1S/C34H48N2O4S/c1-27(2)21-24-40-34(3,4)22-25-39-31-17-19-32(20-18-31)41(37)36-33(29-11-7-6-8-12-29)26-35-23-9-10-28-13-15-30(38-5)16-14-28/h6-8,11-20,27,33,35-36H,9-10,21-26H2,1-5H3. The van der Waals surface area contributed by atoms with Gasteiger partial charge in [-0.1, -0.05) is 56.3 Å². The highest BCUT2D eigenvalue weighted by atomic mass is 32.2. The Labute approximate surface area is 249 Å². The Balaban J connectivity index is 1.46. The van der Waals surface area contributed by atoms with E-state index in [-0.39, 0.29) is 11.6 Å². The van der Waals surface area contributed by atoms with Gasteiger partial charge in [-0.3, -0.25) is 0 Å². The molecule has 2 N–H and O–H groups in total. The Morgan fingerprint density at radius 1 is 0.878 bits per heavy atom. The van der Waals surface area contributed by atoms with E-state index in [0.717, 1.165) is 60.8 Å². The van der Waals surface area contributed by atoms with Gasteiger partial charge in [-0.2, -0.15) is 0 Å². The van der Waals surface area contributed by atoms with Crippen molar-refractivity contribution in [2.45, 2.75) is 69.9 Å². The summed E-state index contributed by atoms with van der Waals surface area (Å²) in [6.07, 6.45) is 3.86. The molecule has 6 nitrogen and oxygen atoms in total. The normalized spacial score (nSPS) is 13.2. The summed E-state index contributed by atoms with van der Waals surface area (Å²) < 4.78 is 33.8. The van der Waals surface area contributed by atoms with E-state index < -0.39 is 11.0 Å². The highest BCUT2D eigenvalue weighted by Crippen LogP contribution is 2.20. The molecule has 3 aromatic rings. The molecule has 7 heteroatoms. The van der Waals surface area contributed by atoms with Crippen LogP contribution in [0.1, 0.15) is 64.1 Å². The van der Waals surface area contributed by atoms with E-state index in [0.29, 0.717) is 19.1 Å². The first kappa shape index (κ1) is 32.8. The second-order valence-corrected chi connectivity index (χ2v) is 12.6. The quantitative estimate of drug-likeness (QED) is 0.151. The van der Waals surface area contributed by atoms with Crippen LogP contribution in [0.3, 0.4) is 0 Å². The molecule has 0 aliphatic carbocycles. The molecular formula is C34H48N2O4S. The fourth-order valence-electron chi connectivity index (χ4n) is 4.28. The summed E-state index contributed by atoms with van der Waals surface area (Å²) >= 11 is 0. The van der Waals surface area contributed by atoms with E-state index in [1.165, 1.54) is 5.56 Å². The van der Waals surface area contributed by atoms with Gasteiger partial charge in [-0.25, -0.2) is 8.93 Å². The van der Waals surface area contributed by atoms with Crippen molar-refractivity contribution < 1.29 is 18.4 Å². The van der Waals surface area contributed by atoms with E-state index in [4.69, 9.17) is 14.2 Å². The molecule has 0 bridgehead atoms. The lowest BCUT2D eigenvalue weighted by molar-refractivity contribution is -0.0346. The van der Waals surface area contributed by atoms with Crippen molar-refractivity contribution in [3.05, 3.63) is 90.0 Å². The number of aryl methyl sites for hydroxylation is 1. The molecule has 0 radical (unpaired) electrons. The molecule has 0 saturated heterocycles. The zero-order valence-electron chi connectivity index (χ0n) is 25.4. The summed E-state index contributed by atoms with van der Waals surface area (Å²) in [5.41, 5.74) is 2.16. The van der Waals surface area contributed by atoms with E-state index in [9.17, 15) is 4.21 Å². The largest absolute Gasteiger partial charge is 0.497 e.